The normalized spacial score (nSPS) is 12.2. The van der Waals surface area contributed by atoms with Crippen molar-refractivity contribution in [3.8, 4) is 5.75 Å². The zero-order chi connectivity index (χ0) is 20.2. The van der Waals surface area contributed by atoms with Crippen molar-refractivity contribution in [2.24, 2.45) is 0 Å². The van der Waals surface area contributed by atoms with Crippen molar-refractivity contribution < 1.29 is 14.6 Å². The summed E-state index contributed by atoms with van der Waals surface area (Å²) in [6, 6.07) is 21.3. The smallest absolute Gasteiger partial charge is 0.118 e. The number of aromatic nitrogens is 3. The number of fused-ring (bicyclic) bond motifs is 1. The highest BCUT2D eigenvalue weighted by atomic mass is 127. The molecule has 0 aliphatic rings. The Morgan fingerprint density at radius 2 is 1.72 bits per heavy atom. The fraction of sp³-hybridized carbons (Fsp3) is 0.182. The summed E-state index contributed by atoms with van der Waals surface area (Å²) in [4.78, 5) is 0. The Kier molecular flexibility index (Phi) is 6.08. The van der Waals surface area contributed by atoms with E-state index in [2.05, 4.69) is 33.2 Å². The molecule has 0 aliphatic carbocycles. The van der Waals surface area contributed by atoms with Crippen LogP contribution in [-0.4, -0.2) is 25.4 Å². The Bertz CT molecular complexity index is 1110. The molecule has 0 radical (unpaired) electrons. The molecular weight excluding hydrogens is 481 g/mol. The van der Waals surface area contributed by atoms with E-state index in [1.54, 1.807) is 10.0 Å². The van der Waals surface area contributed by atoms with Gasteiger partial charge >= 0.3 is 0 Å². The molecule has 6 nitrogen and oxygen atoms in total. The molecule has 1 unspecified atom stereocenters. The van der Waals surface area contributed by atoms with Crippen LogP contribution in [0.15, 0.2) is 66.7 Å². The monoisotopic (exact) mass is 501 g/mol. The first kappa shape index (κ1) is 19.8. The van der Waals surface area contributed by atoms with E-state index in [0.717, 1.165) is 39.0 Å². The van der Waals surface area contributed by atoms with Gasteiger partial charge in [-0.25, -0.2) is 0 Å². The number of aliphatic hydroxyl groups excluding tert-OH is 1. The molecule has 1 heterocycles. The Labute approximate surface area is 182 Å². The van der Waals surface area contributed by atoms with Gasteiger partial charge in [-0.05, 0) is 46.5 Å². The maximum atomic E-state index is 10.8. The van der Waals surface area contributed by atoms with Gasteiger partial charge in [-0.2, -0.15) is 2.90 Å². The van der Waals surface area contributed by atoms with Crippen LogP contribution >= 0.6 is 22.9 Å². The third kappa shape index (κ3) is 4.58. The molecule has 4 aromatic rings. The minimum absolute atomic E-state index is 0.467. The zero-order valence-corrected chi connectivity index (χ0v) is 18.0. The summed E-state index contributed by atoms with van der Waals surface area (Å²) < 4.78 is 12.7. The molecule has 0 saturated heterocycles. The summed E-state index contributed by atoms with van der Waals surface area (Å²) in [5.74, 6) is 0.828. The maximum absolute atomic E-state index is 10.8. The number of methoxy groups -OCH3 is 1. The molecule has 29 heavy (non-hydrogen) atoms. The molecule has 0 spiro atoms. The Hall–Kier alpha value is -2.49. The Morgan fingerprint density at radius 3 is 2.52 bits per heavy atom. The molecule has 1 aromatic heterocycles. The minimum atomic E-state index is -0.736. The van der Waals surface area contributed by atoms with Crippen LogP contribution in [0, 0.1) is 0 Å². The standard InChI is InChI=1S/C22H20IN3O3/c1-28-19-8-5-15(6-9-19)13-29-14-16-3-2-4-17(11-16)22(27)18-7-10-21-20(12-18)24-25-26(21)23/h2-12,22,27H,13-14H2,1H3. The van der Waals surface area contributed by atoms with Gasteiger partial charge in [0, 0.05) is 0 Å². The van der Waals surface area contributed by atoms with Crippen molar-refractivity contribution in [2.75, 3.05) is 7.11 Å². The van der Waals surface area contributed by atoms with E-state index in [1.807, 2.05) is 66.7 Å². The zero-order valence-electron chi connectivity index (χ0n) is 15.8. The van der Waals surface area contributed by atoms with Gasteiger partial charge in [0.2, 0.25) is 0 Å². The highest BCUT2D eigenvalue weighted by Crippen LogP contribution is 2.26. The van der Waals surface area contributed by atoms with E-state index in [1.165, 1.54) is 0 Å². The van der Waals surface area contributed by atoms with Gasteiger partial charge in [0.05, 0.1) is 43.2 Å². The number of aliphatic hydroxyl groups is 1. The Balaban J connectivity index is 1.42. The number of nitrogens with zero attached hydrogens (tertiary/aromatic N) is 3. The van der Waals surface area contributed by atoms with Crippen LogP contribution in [-0.2, 0) is 18.0 Å². The lowest BCUT2D eigenvalue weighted by Crippen LogP contribution is -2.01. The molecule has 148 valence electrons. The van der Waals surface area contributed by atoms with Crippen LogP contribution < -0.4 is 4.74 Å². The Morgan fingerprint density at radius 1 is 0.966 bits per heavy atom. The van der Waals surface area contributed by atoms with Crippen LogP contribution in [0.5, 0.6) is 5.75 Å². The lowest BCUT2D eigenvalue weighted by Gasteiger charge is -2.13. The number of hydrogen-bond acceptors (Lipinski definition) is 5. The number of hydrogen-bond donors (Lipinski definition) is 1. The van der Waals surface area contributed by atoms with Gasteiger partial charge in [-0.15, -0.1) is 5.10 Å². The SMILES string of the molecule is COc1ccc(COCc2cccc(C(O)c3ccc4c(c3)nnn4I)c2)cc1. The summed E-state index contributed by atoms with van der Waals surface area (Å²) in [6.45, 7) is 0.980. The third-order valence-electron chi connectivity index (χ3n) is 4.71. The fourth-order valence-electron chi connectivity index (χ4n) is 3.14. The van der Waals surface area contributed by atoms with Crippen LogP contribution in [0.4, 0.5) is 0 Å². The van der Waals surface area contributed by atoms with Crippen LogP contribution in [0.3, 0.4) is 0 Å². The van der Waals surface area contributed by atoms with Gasteiger partial charge in [-0.1, -0.05) is 47.7 Å². The van der Waals surface area contributed by atoms with Crippen molar-refractivity contribution in [3.63, 3.8) is 0 Å². The lowest BCUT2D eigenvalue weighted by atomic mass is 9.99. The first-order valence-electron chi connectivity index (χ1n) is 9.13. The third-order valence-corrected chi connectivity index (χ3v) is 5.42. The van der Waals surface area contributed by atoms with Crippen LogP contribution in [0.25, 0.3) is 11.0 Å². The molecule has 0 aliphatic heterocycles. The van der Waals surface area contributed by atoms with E-state index < -0.39 is 6.10 Å². The molecule has 3 aromatic carbocycles. The predicted octanol–water partition coefficient (Wildman–Crippen LogP) is 4.44. The molecule has 0 saturated carbocycles. The number of ether oxygens (including phenoxy) is 2. The number of rotatable bonds is 7. The maximum Gasteiger partial charge on any atom is 0.118 e. The van der Waals surface area contributed by atoms with Gasteiger partial charge in [0.15, 0.2) is 0 Å². The van der Waals surface area contributed by atoms with E-state index >= 15 is 0 Å². The van der Waals surface area contributed by atoms with Crippen LogP contribution in [0.2, 0.25) is 0 Å². The number of benzene rings is 3. The molecule has 4 rings (SSSR count). The van der Waals surface area contributed by atoms with Crippen molar-refractivity contribution in [3.05, 3.63) is 89.0 Å². The number of halogens is 1. The van der Waals surface area contributed by atoms with E-state index in [4.69, 9.17) is 9.47 Å². The molecule has 1 atom stereocenters. The highest BCUT2D eigenvalue weighted by Gasteiger charge is 2.13. The van der Waals surface area contributed by atoms with Gasteiger partial charge in [0.1, 0.15) is 22.9 Å². The quantitative estimate of drug-likeness (QED) is 0.380. The van der Waals surface area contributed by atoms with Crippen molar-refractivity contribution in [1.29, 1.82) is 0 Å². The second kappa shape index (κ2) is 8.89. The first-order chi connectivity index (χ1) is 14.1. The van der Waals surface area contributed by atoms with E-state index in [9.17, 15) is 5.11 Å². The largest absolute Gasteiger partial charge is 0.497 e. The predicted molar refractivity (Wildman–Crippen MR) is 119 cm³/mol. The summed E-state index contributed by atoms with van der Waals surface area (Å²) in [5.41, 5.74) is 5.37. The van der Waals surface area contributed by atoms with Gasteiger partial charge in [-0.3, -0.25) is 0 Å². The lowest BCUT2D eigenvalue weighted by molar-refractivity contribution is 0.107. The fourth-order valence-corrected chi connectivity index (χ4v) is 3.64. The van der Waals surface area contributed by atoms with Crippen molar-refractivity contribution in [2.45, 2.75) is 19.3 Å². The second-order valence-corrected chi connectivity index (χ2v) is 7.60. The average Bonchev–Trinajstić information content (AvgIpc) is 3.14. The molecule has 0 fully saturated rings. The molecule has 0 bridgehead atoms. The van der Waals surface area contributed by atoms with Gasteiger partial charge < -0.3 is 14.6 Å². The van der Waals surface area contributed by atoms with Gasteiger partial charge in [0.25, 0.3) is 0 Å². The summed E-state index contributed by atoms with van der Waals surface area (Å²) in [6.07, 6.45) is -0.736. The van der Waals surface area contributed by atoms with Crippen molar-refractivity contribution in [1.82, 2.24) is 13.2 Å². The molecular formula is C22H20IN3O3. The van der Waals surface area contributed by atoms with Crippen molar-refractivity contribution >= 4 is 33.9 Å². The highest BCUT2D eigenvalue weighted by molar-refractivity contribution is 14.1. The minimum Gasteiger partial charge on any atom is -0.497 e. The summed E-state index contributed by atoms with van der Waals surface area (Å²) in [7, 11) is 1.65. The average molecular weight is 501 g/mol. The second-order valence-electron chi connectivity index (χ2n) is 6.69. The first-order valence-corrected chi connectivity index (χ1v) is 10.1. The molecule has 7 heteroatoms. The topological polar surface area (TPSA) is 69.4 Å². The summed E-state index contributed by atoms with van der Waals surface area (Å²) in [5, 5.41) is 18.9. The van der Waals surface area contributed by atoms with E-state index in [0.29, 0.717) is 13.2 Å². The van der Waals surface area contributed by atoms with Crippen LogP contribution in [0.1, 0.15) is 28.4 Å². The summed E-state index contributed by atoms with van der Waals surface area (Å²) >= 11 is 2.08. The van der Waals surface area contributed by atoms with E-state index in [-0.39, 0.29) is 0 Å². The molecule has 1 N–H and O–H groups in total. The molecule has 0 amide bonds.